The van der Waals surface area contributed by atoms with Crippen molar-refractivity contribution in [2.45, 2.75) is 13.3 Å². The zero-order valence-electron chi connectivity index (χ0n) is 10.4. The second-order valence-electron chi connectivity index (χ2n) is 3.65. The molecule has 0 bridgehead atoms. The van der Waals surface area contributed by atoms with Gasteiger partial charge >= 0.3 is 5.97 Å². The lowest BCUT2D eigenvalue weighted by Gasteiger charge is -2.08. The molecule has 0 heterocycles. The number of carbonyl (C=O) groups is 2. The molecule has 0 fully saturated rings. The van der Waals surface area contributed by atoms with Gasteiger partial charge in [0.25, 0.3) is 0 Å². The summed E-state index contributed by atoms with van der Waals surface area (Å²) in [6.07, 6.45) is 2.56. The maximum absolute atomic E-state index is 11.3. The van der Waals surface area contributed by atoms with Crippen LogP contribution in [0.15, 0.2) is 30.4 Å². The van der Waals surface area contributed by atoms with Gasteiger partial charge in [-0.3, -0.25) is 4.79 Å². The Balaban J connectivity index is 2.68. The number of ether oxygens (including phenoxy) is 1. The van der Waals surface area contributed by atoms with Gasteiger partial charge in [-0.1, -0.05) is 18.5 Å². The highest BCUT2D eigenvalue weighted by molar-refractivity contribution is 6.32. The summed E-state index contributed by atoms with van der Waals surface area (Å²) in [5.74, 6) is -1.18. The van der Waals surface area contributed by atoms with Crippen molar-refractivity contribution >= 4 is 29.2 Å². The zero-order valence-corrected chi connectivity index (χ0v) is 11.1. The highest BCUT2D eigenvalue weighted by atomic mass is 35.5. The van der Waals surface area contributed by atoms with E-state index in [1.165, 1.54) is 0 Å². The van der Waals surface area contributed by atoms with Gasteiger partial charge in [-0.05, 0) is 24.6 Å². The molecule has 0 aliphatic carbocycles. The molecule has 0 spiro atoms. The van der Waals surface area contributed by atoms with Crippen LogP contribution in [0.3, 0.4) is 0 Å². The first-order valence-corrected chi connectivity index (χ1v) is 6.05. The minimum absolute atomic E-state index is 0.383. The summed E-state index contributed by atoms with van der Waals surface area (Å²) in [7, 11) is 0. The average molecular weight is 284 g/mol. The predicted octanol–water partition coefficient (Wildman–Crippen LogP) is 2.71. The SMILES string of the molecule is CCCOc1ccc(NC(=O)/C=C/C(=O)O)cc1Cl. The van der Waals surface area contributed by atoms with Crippen LogP contribution in [0.2, 0.25) is 5.02 Å². The van der Waals surface area contributed by atoms with Crippen molar-refractivity contribution in [1.29, 1.82) is 0 Å². The van der Waals surface area contributed by atoms with Crippen LogP contribution < -0.4 is 10.1 Å². The first-order valence-electron chi connectivity index (χ1n) is 5.67. The monoisotopic (exact) mass is 283 g/mol. The Labute approximate surface area is 115 Å². The summed E-state index contributed by atoms with van der Waals surface area (Å²) in [5.41, 5.74) is 0.467. The van der Waals surface area contributed by atoms with E-state index in [9.17, 15) is 9.59 Å². The molecule has 0 atom stereocenters. The summed E-state index contributed by atoms with van der Waals surface area (Å²) in [6, 6.07) is 4.82. The van der Waals surface area contributed by atoms with Crippen molar-refractivity contribution in [2.24, 2.45) is 0 Å². The Morgan fingerprint density at radius 2 is 2.16 bits per heavy atom. The van der Waals surface area contributed by atoms with Crippen LogP contribution in [0.1, 0.15) is 13.3 Å². The largest absolute Gasteiger partial charge is 0.492 e. The maximum atomic E-state index is 11.3. The molecule has 5 nitrogen and oxygen atoms in total. The molecule has 102 valence electrons. The third-order valence-electron chi connectivity index (χ3n) is 2.04. The smallest absolute Gasteiger partial charge is 0.328 e. The van der Waals surface area contributed by atoms with E-state index in [4.69, 9.17) is 21.4 Å². The van der Waals surface area contributed by atoms with Gasteiger partial charge in [0.1, 0.15) is 5.75 Å². The molecular formula is C13H14ClNO4. The Morgan fingerprint density at radius 1 is 1.42 bits per heavy atom. The van der Waals surface area contributed by atoms with Gasteiger partial charge in [0.2, 0.25) is 5.91 Å². The highest BCUT2D eigenvalue weighted by Crippen LogP contribution is 2.27. The summed E-state index contributed by atoms with van der Waals surface area (Å²) in [6.45, 7) is 2.55. The van der Waals surface area contributed by atoms with Gasteiger partial charge in [0, 0.05) is 17.8 Å². The number of hydrogen-bond acceptors (Lipinski definition) is 3. The number of aliphatic carboxylic acids is 1. The fourth-order valence-electron chi connectivity index (χ4n) is 1.24. The fraction of sp³-hybridized carbons (Fsp3) is 0.231. The third-order valence-corrected chi connectivity index (χ3v) is 2.33. The summed E-state index contributed by atoms with van der Waals surface area (Å²) in [4.78, 5) is 21.6. The third kappa shape index (κ3) is 5.44. The molecule has 1 aromatic rings. The van der Waals surface area contributed by atoms with Crippen LogP contribution in [0, 0.1) is 0 Å². The maximum Gasteiger partial charge on any atom is 0.328 e. The van der Waals surface area contributed by atoms with Crippen molar-refractivity contribution in [3.8, 4) is 5.75 Å². The molecule has 0 radical (unpaired) electrons. The molecule has 2 N–H and O–H groups in total. The molecule has 19 heavy (non-hydrogen) atoms. The zero-order chi connectivity index (χ0) is 14.3. The number of hydrogen-bond donors (Lipinski definition) is 2. The van der Waals surface area contributed by atoms with Gasteiger partial charge < -0.3 is 15.2 Å². The quantitative estimate of drug-likeness (QED) is 0.787. The van der Waals surface area contributed by atoms with E-state index in [0.717, 1.165) is 18.6 Å². The molecular weight excluding hydrogens is 270 g/mol. The number of amides is 1. The van der Waals surface area contributed by atoms with Gasteiger partial charge in [-0.2, -0.15) is 0 Å². The molecule has 0 unspecified atom stereocenters. The van der Waals surface area contributed by atoms with Crippen molar-refractivity contribution in [2.75, 3.05) is 11.9 Å². The number of carbonyl (C=O) groups excluding carboxylic acids is 1. The van der Waals surface area contributed by atoms with E-state index in [2.05, 4.69) is 5.32 Å². The van der Waals surface area contributed by atoms with E-state index in [1.807, 2.05) is 6.92 Å². The van der Waals surface area contributed by atoms with E-state index in [0.29, 0.717) is 23.1 Å². The van der Waals surface area contributed by atoms with Crippen LogP contribution >= 0.6 is 11.6 Å². The summed E-state index contributed by atoms with van der Waals surface area (Å²) < 4.78 is 5.39. The molecule has 1 rings (SSSR count). The van der Waals surface area contributed by atoms with Crippen molar-refractivity contribution in [3.63, 3.8) is 0 Å². The lowest BCUT2D eigenvalue weighted by Crippen LogP contribution is -2.08. The Bertz CT molecular complexity index is 499. The molecule has 0 saturated carbocycles. The Morgan fingerprint density at radius 3 is 2.74 bits per heavy atom. The number of anilines is 1. The molecule has 6 heteroatoms. The second kappa shape index (κ2) is 7.43. The molecule has 0 aliphatic heterocycles. The predicted molar refractivity (Wildman–Crippen MR) is 72.6 cm³/mol. The molecule has 1 aromatic carbocycles. The van der Waals surface area contributed by atoms with Gasteiger partial charge in [-0.25, -0.2) is 4.79 Å². The number of nitrogens with one attached hydrogen (secondary N) is 1. The lowest BCUT2D eigenvalue weighted by atomic mass is 10.3. The number of rotatable bonds is 6. The standard InChI is InChI=1S/C13H14ClNO4/c1-2-7-19-11-4-3-9(8-10(11)14)15-12(16)5-6-13(17)18/h3-6,8H,2,7H2,1H3,(H,15,16)(H,17,18)/b6-5+. The first kappa shape index (κ1) is 15.0. The minimum Gasteiger partial charge on any atom is -0.492 e. The van der Waals surface area contributed by atoms with E-state index < -0.39 is 11.9 Å². The summed E-state index contributed by atoms with van der Waals surface area (Å²) >= 11 is 5.99. The Kier molecular flexibility index (Phi) is 5.89. The van der Waals surface area contributed by atoms with Crippen LogP contribution in [0.4, 0.5) is 5.69 Å². The van der Waals surface area contributed by atoms with Crippen LogP contribution in [-0.2, 0) is 9.59 Å². The van der Waals surface area contributed by atoms with Crippen LogP contribution in [0.25, 0.3) is 0 Å². The van der Waals surface area contributed by atoms with E-state index in [1.54, 1.807) is 18.2 Å². The van der Waals surface area contributed by atoms with Gasteiger partial charge in [0.05, 0.1) is 11.6 Å². The number of halogens is 1. The first-order chi connectivity index (χ1) is 9.02. The molecule has 0 saturated heterocycles. The molecule has 1 amide bonds. The normalized spacial score (nSPS) is 10.4. The topological polar surface area (TPSA) is 75.6 Å². The number of carboxylic acid groups (broad SMARTS) is 1. The molecule has 0 aliphatic rings. The average Bonchev–Trinajstić information content (AvgIpc) is 2.35. The van der Waals surface area contributed by atoms with Crippen molar-refractivity contribution in [1.82, 2.24) is 0 Å². The summed E-state index contributed by atoms with van der Waals surface area (Å²) in [5, 5.41) is 11.3. The fourth-order valence-corrected chi connectivity index (χ4v) is 1.47. The highest BCUT2D eigenvalue weighted by Gasteiger charge is 2.04. The van der Waals surface area contributed by atoms with Gasteiger partial charge in [0.15, 0.2) is 0 Å². The van der Waals surface area contributed by atoms with E-state index in [-0.39, 0.29) is 0 Å². The van der Waals surface area contributed by atoms with Crippen molar-refractivity contribution in [3.05, 3.63) is 35.4 Å². The van der Waals surface area contributed by atoms with E-state index >= 15 is 0 Å². The van der Waals surface area contributed by atoms with Crippen LogP contribution in [0.5, 0.6) is 5.75 Å². The number of carboxylic acids is 1. The molecule has 0 aromatic heterocycles. The van der Waals surface area contributed by atoms with Crippen LogP contribution in [-0.4, -0.2) is 23.6 Å². The number of benzene rings is 1. The Hall–Kier alpha value is -2.01. The minimum atomic E-state index is -1.18. The second-order valence-corrected chi connectivity index (χ2v) is 4.06. The van der Waals surface area contributed by atoms with Crippen molar-refractivity contribution < 1.29 is 19.4 Å². The lowest BCUT2D eigenvalue weighted by molar-refractivity contribution is -0.131. The van der Waals surface area contributed by atoms with Gasteiger partial charge in [-0.15, -0.1) is 0 Å².